The van der Waals surface area contributed by atoms with Crippen LogP contribution in [0, 0.1) is 5.41 Å². The molecule has 1 unspecified atom stereocenters. The van der Waals surface area contributed by atoms with Gasteiger partial charge >= 0.3 is 17.4 Å². The van der Waals surface area contributed by atoms with Gasteiger partial charge in [0.15, 0.2) is 0 Å². The van der Waals surface area contributed by atoms with Gasteiger partial charge in [-0.3, -0.25) is 0 Å². The maximum absolute atomic E-state index is 4.64. The molecule has 0 spiro atoms. The Morgan fingerprint density at radius 2 is 1.63 bits per heavy atom. The first kappa shape index (κ1) is 23.5. The molecule has 2 aromatic carbocycles. The Morgan fingerprint density at radius 1 is 0.963 bits per heavy atom. The zero-order valence-corrected chi connectivity index (χ0v) is 18.1. The first-order valence-electron chi connectivity index (χ1n) is 8.50. The molecular formula is C22H22Cl2CrN2. The predicted molar refractivity (Wildman–Crippen MR) is 99.3 cm³/mol. The van der Waals surface area contributed by atoms with E-state index in [1.165, 1.54) is 16.8 Å². The first-order valence-corrected chi connectivity index (χ1v) is 8.50. The van der Waals surface area contributed by atoms with Crippen molar-refractivity contribution in [3.63, 3.8) is 0 Å². The summed E-state index contributed by atoms with van der Waals surface area (Å²) in [7, 11) is 0. The van der Waals surface area contributed by atoms with Crippen molar-refractivity contribution in [1.29, 1.82) is 0 Å². The quantitative estimate of drug-likeness (QED) is 0.526. The zero-order chi connectivity index (χ0) is 16.6. The number of hydrogen-bond acceptors (Lipinski definition) is 1. The van der Waals surface area contributed by atoms with Gasteiger partial charge in [0.25, 0.3) is 0 Å². The van der Waals surface area contributed by atoms with E-state index in [1.54, 1.807) is 0 Å². The second-order valence-electron chi connectivity index (χ2n) is 7.18. The van der Waals surface area contributed by atoms with E-state index >= 15 is 0 Å². The monoisotopic (exact) mass is 436 g/mol. The molecule has 140 valence electrons. The van der Waals surface area contributed by atoms with E-state index in [9.17, 15) is 0 Å². The molecule has 4 rings (SSSR count). The van der Waals surface area contributed by atoms with E-state index in [0.29, 0.717) is 5.92 Å². The van der Waals surface area contributed by atoms with E-state index in [2.05, 4.69) is 90.3 Å². The van der Waals surface area contributed by atoms with E-state index in [-0.39, 0.29) is 47.6 Å². The topological polar surface area (TPSA) is 17.8 Å². The van der Waals surface area contributed by atoms with Gasteiger partial charge in [-0.05, 0) is 28.7 Å². The minimum atomic E-state index is 0. The minimum absolute atomic E-state index is 0. The van der Waals surface area contributed by atoms with Crippen LogP contribution in [0.15, 0.2) is 73.1 Å². The van der Waals surface area contributed by atoms with Gasteiger partial charge < -0.3 is 29.4 Å². The molecule has 1 atom stereocenters. The number of fused-ring (bicyclic) bond motifs is 1. The number of halogens is 2. The summed E-state index contributed by atoms with van der Waals surface area (Å²) in [5.41, 5.74) is 4.05. The number of nitrogens with zero attached hydrogens (tertiary/aromatic N) is 2. The van der Waals surface area contributed by atoms with Crippen molar-refractivity contribution in [2.75, 3.05) is 0 Å². The van der Waals surface area contributed by atoms with Crippen molar-refractivity contribution in [1.82, 2.24) is 9.55 Å². The molecule has 27 heavy (non-hydrogen) atoms. The van der Waals surface area contributed by atoms with Crippen molar-refractivity contribution in [3.05, 3.63) is 90.0 Å². The van der Waals surface area contributed by atoms with Crippen LogP contribution in [0.1, 0.15) is 36.7 Å². The fourth-order valence-corrected chi connectivity index (χ4v) is 3.74. The molecule has 1 aromatic heterocycles. The molecule has 1 aliphatic rings. The number of allylic oxidation sites excluding steroid dienone is 1. The molecule has 0 saturated heterocycles. The van der Waals surface area contributed by atoms with Crippen LogP contribution in [0.3, 0.4) is 0 Å². The summed E-state index contributed by atoms with van der Waals surface area (Å²) < 4.78 is 2.20. The molecular weight excluding hydrogens is 415 g/mol. The van der Waals surface area contributed by atoms with Crippen LogP contribution in [0.4, 0.5) is 0 Å². The number of aromatic nitrogens is 2. The molecule has 0 bridgehead atoms. The maximum atomic E-state index is 4.64. The number of hydrogen-bond donors (Lipinski definition) is 0. The van der Waals surface area contributed by atoms with Gasteiger partial charge in [-0.1, -0.05) is 68.5 Å². The summed E-state index contributed by atoms with van der Waals surface area (Å²) in [6.07, 6.45) is 9.49. The summed E-state index contributed by atoms with van der Waals surface area (Å²) in [6, 6.07) is 19.1. The molecule has 0 fully saturated rings. The van der Waals surface area contributed by atoms with Crippen LogP contribution in [0.5, 0.6) is 0 Å². The van der Waals surface area contributed by atoms with Gasteiger partial charge in [0.05, 0.1) is 0 Å². The Bertz CT molecular complexity index is 888. The van der Waals surface area contributed by atoms with E-state index in [0.717, 1.165) is 12.2 Å². The standard InChI is InChI=1S/C22H22N2.2ClH.Cr/c1-22(2,20-13-12-17-8-6-7-11-19(17)20)16-21-23-14-15-24(21)18-9-4-3-5-10-18;;;/h3-15,20H,16H2,1-2H3;2*1H;/q;;;+2/p-2. The average Bonchev–Trinajstić information content (AvgIpc) is 3.22. The summed E-state index contributed by atoms with van der Waals surface area (Å²) >= 11 is 0. The minimum Gasteiger partial charge on any atom is -1.00 e. The normalized spacial score (nSPS) is 14.5. The third kappa shape index (κ3) is 4.68. The largest absolute Gasteiger partial charge is 2.00 e. The van der Waals surface area contributed by atoms with Crippen LogP contribution in [-0.4, -0.2) is 9.55 Å². The van der Waals surface area contributed by atoms with Gasteiger partial charge in [0, 0.05) is 30.4 Å². The predicted octanol–water partition coefficient (Wildman–Crippen LogP) is -0.743. The molecule has 1 heterocycles. The van der Waals surface area contributed by atoms with E-state index in [4.69, 9.17) is 0 Å². The van der Waals surface area contributed by atoms with Crippen LogP contribution < -0.4 is 24.8 Å². The number of benzene rings is 2. The average molecular weight is 437 g/mol. The van der Waals surface area contributed by atoms with Crippen molar-refractivity contribution < 1.29 is 42.2 Å². The molecule has 0 aliphatic heterocycles. The summed E-state index contributed by atoms with van der Waals surface area (Å²) in [5, 5.41) is 0. The van der Waals surface area contributed by atoms with Gasteiger partial charge in [-0.15, -0.1) is 0 Å². The fraction of sp³-hybridized carbons (Fsp3) is 0.227. The second kappa shape index (κ2) is 9.62. The van der Waals surface area contributed by atoms with Crippen molar-refractivity contribution >= 4 is 6.08 Å². The van der Waals surface area contributed by atoms with E-state index in [1.807, 2.05) is 12.3 Å². The smallest absolute Gasteiger partial charge is 1.00 e. The molecule has 0 N–H and O–H groups in total. The van der Waals surface area contributed by atoms with Crippen LogP contribution in [0.2, 0.25) is 0 Å². The number of imidazole rings is 1. The van der Waals surface area contributed by atoms with Crippen molar-refractivity contribution in [2.24, 2.45) is 5.41 Å². The van der Waals surface area contributed by atoms with Gasteiger partial charge in [-0.25, -0.2) is 4.98 Å². The van der Waals surface area contributed by atoms with Crippen LogP contribution in [-0.2, 0) is 23.8 Å². The van der Waals surface area contributed by atoms with Crippen LogP contribution >= 0.6 is 0 Å². The third-order valence-corrected chi connectivity index (χ3v) is 5.01. The molecule has 5 heteroatoms. The van der Waals surface area contributed by atoms with Crippen LogP contribution in [0.25, 0.3) is 11.8 Å². The Balaban J connectivity index is 0.00000121. The van der Waals surface area contributed by atoms with Crippen molar-refractivity contribution in [3.8, 4) is 5.69 Å². The van der Waals surface area contributed by atoms with E-state index < -0.39 is 0 Å². The third-order valence-electron chi connectivity index (χ3n) is 5.01. The fourth-order valence-electron chi connectivity index (χ4n) is 3.74. The Kier molecular flexibility index (Phi) is 8.39. The maximum Gasteiger partial charge on any atom is 2.00 e. The van der Waals surface area contributed by atoms with Gasteiger partial charge in [0.1, 0.15) is 5.82 Å². The second-order valence-corrected chi connectivity index (χ2v) is 7.18. The zero-order valence-electron chi connectivity index (χ0n) is 15.3. The molecule has 3 aromatic rings. The molecule has 0 amide bonds. The summed E-state index contributed by atoms with van der Waals surface area (Å²) in [4.78, 5) is 4.64. The van der Waals surface area contributed by atoms with Gasteiger partial charge in [-0.2, -0.15) is 0 Å². The SMILES string of the molecule is CC(C)(Cc1nccn1-c1ccccc1)C1C=Cc2ccccc21.[Cl-].[Cl-].[Cr+2]. The summed E-state index contributed by atoms with van der Waals surface area (Å²) in [6.45, 7) is 4.68. The molecule has 2 nitrogen and oxygen atoms in total. The molecule has 0 saturated carbocycles. The summed E-state index contributed by atoms with van der Waals surface area (Å²) in [5.74, 6) is 1.54. The van der Waals surface area contributed by atoms with Crippen molar-refractivity contribution in [2.45, 2.75) is 26.2 Å². The first-order chi connectivity index (χ1) is 11.6. The van der Waals surface area contributed by atoms with Gasteiger partial charge in [0.2, 0.25) is 0 Å². The molecule has 0 radical (unpaired) electrons. The number of para-hydroxylation sites is 1. The Hall–Kier alpha value is -1.50. The molecule has 1 aliphatic carbocycles. The Morgan fingerprint density at radius 3 is 2.37 bits per heavy atom. The number of rotatable bonds is 4. The Labute approximate surface area is 184 Å².